The van der Waals surface area contributed by atoms with Crippen LogP contribution in [0.5, 0.6) is 0 Å². The van der Waals surface area contributed by atoms with Gasteiger partial charge in [-0.2, -0.15) is 5.26 Å². The van der Waals surface area contributed by atoms with Crippen molar-refractivity contribution in [1.29, 1.82) is 5.26 Å². The van der Waals surface area contributed by atoms with Crippen LogP contribution in [-0.2, 0) is 16.0 Å². The number of nitrogens with zero attached hydrogens (tertiary/aromatic N) is 1. The summed E-state index contributed by atoms with van der Waals surface area (Å²) < 4.78 is 13.4. The van der Waals surface area contributed by atoms with Gasteiger partial charge in [0.25, 0.3) is 5.91 Å². The minimum absolute atomic E-state index is 0.240. The number of rotatable bonds is 8. The third kappa shape index (κ3) is 5.72. The molecule has 0 saturated carbocycles. The number of aliphatic carboxylic acids is 1. The van der Waals surface area contributed by atoms with E-state index in [1.54, 1.807) is 38.1 Å². The first-order chi connectivity index (χ1) is 11.4. The predicted octanol–water partition coefficient (Wildman–Crippen LogP) is 1.59. The van der Waals surface area contributed by atoms with E-state index in [-0.39, 0.29) is 17.3 Å². The Hall–Kier alpha value is -2.88. The van der Waals surface area contributed by atoms with Gasteiger partial charge in [0.05, 0.1) is 0 Å². The van der Waals surface area contributed by atoms with Crippen molar-refractivity contribution in [1.82, 2.24) is 10.6 Å². The molecule has 0 aliphatic rings. The van der Waals surface area contributed by atoms with Crippen molar-refractivity contribution in [2.24, 2.45) is 5.92 Å². The zero-order chi connectivity index (χ0) is 18.1. The first kappa shape index (κ1) is 19.2. The quantitative estimate of drug-likeness (QED) is 0.381. The molecule has 0 spiro atoms. The van der Waals surface area contributed by atoms with Crippen LogP contribution in [0.4, 0.5) is 4.39 Å². The van der Waals surface area contributed by atoms with Gasteiger partial charge in [-0.1, -0.05) is 32.0 Å². The van der Waals surface area contributed by atoms with Crippen molar-refractivity contribution in [3.63, 3.8) is 0 Å². The van der Waals surface area contributed by atoms with E-state index in [0.717, 1.165) is 0 Å². The molecule has 0 aliphatic heterocycles. The molecule has 128 valence electrons. The topological polar surface area (TPSA) is 102 Å². The average molecular weight is 333 g/mol. The molecule has 1 unspecified atom stereocenters. The lowest BCUT2D eigenvalue weighted by molar-refractivity contribution is -0.142. The molecule has 0 fully saturated rings. The van der Waals surface area contributed by atoms with Gasteiger partial charge in [-0.3, -0.25) is 4.79 Å². The number of amides is 1. The van der Waals surface area contributed by atoms with Crippen LogP contribution in [0.1, 0.15) is 19.4 Å². The third-order valence-corrected chi connectivity index (χ3v) is 3.33. The summed E-state index contributed by atoms with van der Waals surface area (Å²) in [5.74, 6) is -2.57. The standard InChI is InChI=1S/C17H20FN3O3/c1-11(2)15(17(23)24)21-16(22)13(9-19)10-20-8-7-12-5-3-4-6-14(12)18/h3-6,10-11,15,20H,7-8H2,1-2H3,(H,21,22)(H,23,24)/b13-10-. The van der Waals surface area contributed by atoms with Gasteiger partial charge >= 0.3 is 5.97 Å². The Morgan fingerprint density at radius 3 is 2.58 bits per heavy atom. The van der Waals surface area contributed by atoms with E-state index in [1.807, 2.05) is 0 Å². The minimum atomic E-state index is -1.16. The average Bonchev–Trinajstić information content (AvgIpc) is 2.53. The monoisotopic (exact) mass is 333 g/mol. The lowest BCUT2D eigenvalue weighted by atomic mass is 10.0. The summed E-state index contributed by atoms with van der Waals surface area (Å²) in [4.78, 5) is 23.0. The Bertz CT molecular complexity index is 665. The highest BCUT2D eigenvalue weighted by atomic mass is 19.1. The molecule has 0 bridgehead atoms. The normalized spacial score (nSPS) is 12.4. The fraction of sp³-hybridized carbons (Fsp3) is 0.353. The zero-order valence-electron chi connectivity index (χ0n) is 13.5. The number of halogens is 1. The second-order valence-corrected chi connectivity index (χ2v) is 5.50. The molecule has 24 heavy (non-hydrogen) atoms. The number of carboxylic acids is 1. The minimum Gasteiger partial charge on any atom is -0.480 e. The molecule has 0 aromatic heterocycles. The molecule has 1 atom stereocenters. The molecule has 1 rings (SSSR count). The van der Waals surface area contributed by atoms with Crippen LogP contribution >= 0.6 is 0 Å². The molecule has 0 saturated heterocycles. The molecule has 0 heterocycles. The van der Waals surface area contributed by atoms with Gasteiger partial charge in [0.1, 0.15) is 23.5 Å². The predicted molar refractivity (Wildman–Crippen MR) is 86.2 cm³/mol. The molecule has 0 radical (unpaired) electrons. The van der Waals surface area contributed by atoms with Crippen molar-refractivity contribution in [2.75, 3.05) is 6.54 Å². The number of hydrogen-bond donors (Lipinski definition) is 3. The maximum absolute atomic E-state index is 13.4. The Labute approximate surface area is 140 Å². The largest absolute Gasteiger partial charge is 0.480 e. The second-order valence-electron chi connectivity index (χ2n) is 5.50. The van der Waals surface area contributed by atoms with Gasteiger partial charge in [0.15, 0.2) is 0 Å². The van der Waals surface area contributed by atoms with Crippen LogP contribution < -0.4 is 10.6 Å². The highest BCUT2D eigenvalue weighted by molar-refractivity contribution is 5.99. The maximum atomic E-state index is 13.4. The number of benzene rings is 1. The molecule has 1 amide bonds. The smallest absolute Gasteiger partial charge is 0.326 e. The number of carbonyl (C=O) groups excluding carboxylic acids is 1. The molecule has 6 nitrogen and oxygen atoms in total. The van der Waals surface area contributed by atoms with Gasteiger partial charge in [-0.05, 0) is 24.0 Å². The molecule has 1 aromatic carbocycles. The van der Waals surface area contributed by atoms with Crippen LogP contribution in [0.15, 0.2) is 36.0 Å². The maximum Gasteiger partial charge on any atom is 0.326 e. The van der Waals surface area contributed by atoms with Gasteiger partial charge in [-0.25, -0.2) is 9.18 Å². The second kappa shape index (κ2) is 9.30. The number of carboxylic acid groups (broad SMARTS) is 1. The summed E-state index contributed by atoms with van der Waals surface area (Å²) in [5.41, 5.74) is 0.280. The van der Waals surface area contributed by atoms with Crippen LogP contribution in [0.25, 0.3) is 0 Å². The molecule has 0 aliphatic carbocycles. The van der Waals surface area contributed by atoms with Gasteiger partial charge in [-0.15, -0.1) is 0 Å². The van der Waals surface area contributed by atoms with Gasteiger partial charge < -0.3 is 15.7 Å². The van der Waals surface area contributed by atoms with Crippen molar-refractivity contribution in [3.8, 4) is 6.07 Å². The molecule has 1 aromatic rings. The van der Waals surface area contributed by atoms with Crippen LogP contribution in [0.2, 0.25) is 0 Å². The fourth-order valence-electron chi connectivity index (χ4n) is 1.96. The van der Waals surface area contributed by atoms with Crippen LogP contribution in [0.3, 0.4) is 0 Å². The van der Waals surface area contributed by atoms with E-state index in [4.69, 9.17) is 10.4 Å². The summed E-state index contributed by atoms with van der Waals surface area (Å²) in [6, 6.07) is 6.97. The Kier molecular flexibility index (Phi) is 7.43. The Morgan fingerprint density at radius 1 is 1.38 bits per heavy atom. The SMILES string of the molecule is CC(C)C(NC(=O)/C(C#N)=C\NCCc1ccccc1F)C(=O)O. The first-order valence-corrected chi connectivity index (χ1v) is 7.47. The molecule has 7 heteroatoms. The Morgan fingerprint density at radius 2 is 2.04 bits per heavy atom. The fourth-order valence-corrected chi connectivity index (χ4v) is 1.96. The van der Waals surface area contributed by atoms with E-state index in [9.17, 15) is 14.0 Å². The molecular weight excluding hydrogens is 313 g/mol. The first-order valence-electron chi connectivity index (χ1n) is 7.47. The number of nitriles is 1. The van der Waals surface area contributed by atoms with Crippen molar-refractivity contribution < 1.29 is 19.1 Å². The summed E-state index contributed by atoms with van der Waals surface area (Å²) >= 11 is 0. The van der Waals surface area contributed by atoms with E-state index < -0.39 is 17.9 Å². The summed E-state index contributed by atoms with van der Waals surface area (Å²) in [6.07, 6.45) is 1.59. The Balaban J connectivity index is 2.60. The summed E-state index contributed by atoms with van der Waals surface area (Å²) in [6.45, 7) is 3.63. The molecule has 3 N–H and O–H groups in total. The lowest BCUT2D eigenvalue weighted by Crippen LogP contribution is -2.44. The van der Waals surface area contributed by atoms with Gasteiger partial charge in [0, 0.05) is 12.7 Å². The molecular formula is C17H20FN3O3. The summed E-state index contributed by atoms with van der Waals surface area (Å²) in [5, 5.41) is 23.1. The van der Waals surface area contributed by atoms with Crippen molar-refractivity contribution in [2.45, 2.75) is 26.3 Å². The lowest BCUT2D eigenvalue weighted by Gasteiger charge is -2.17. The number of carbonyl (C=O) groups is 2. The summed E-state index contributed by atoms with van der Waals surface area (Å²) in [7, 11) is 0. The van der Waals surface area contributed by atoms with E-state index in [1.165, 1.54) is 12.3 Å². The number of nitrogens with one attached hydrogen (secondary N) is 2. The van der Waals surface area contributed by atoms with Gasteiger partial charge in [0.2, 0.25) is 0 Å². The van der Waals surface area contributed by atoms with E-state index in [2.05, 4.69) is 10.6 Å². The third-order valence-electron chi connectivity index (χ3n) is 3.33. The number of hydrogen-bond acceptors (Lipinski definition) is 4. The van der Waals surface area contributed by atoms with Crippen molar-refractivity contribution >= 4 is 11.9 Å². The van der Waals surface area contributed by atoms with Crippen molar-refractivity contribution in [3.05, 3.63) is 47.4 Å². The van der Waals surface area contributed by atoms with E-state index >= 15 is 0 Å². The van der Waals surface area contributed by atoms with E-state index in [0.29, 0.717) is 18.5 Å². The highest BCUT2D eigenvalue weighted by Gasteiger charge is 2.24. The highest BCUT2D eigenvalue weighted by Crippen LogP contribution is 2.06. The van der Waals surface area contributed by atoms with Crippen LogP contribution in [-0.4, -0.2) is 29.6 Å². The van der Waals surface area contributed by atoms with Crippen LogP contribution in [0, 0.1) is 23.1 Å². The zero-order valence-corrected chi connectivity index (χ0v) is 13.5.